The number of piperidine rings is 1. The third-order valence-electron chi connectivity index (χ3n) is 7.05. The number of carbonyl (C=O) groups is 2. The molecule has 7 nitrogen and oxygen atoms in total. The van der Waals surface area contributed by atoms with Crippen LogP contribution in [0.2, 0.25) is 0 Å². The van der Waals surface area contributed by atoms with Gasteiger partial charge in [-0.1, -0.05) is 66.7 Å². The van der Waals surface area contributed by atoms with Gasteiger partial charge in [-0.05, 0) is 42.9 Å². The number of carboxylic acid groups (broad SMARTS) is 1. The number of aromatic amines is 2. The molecule has 0 bridgehead atoms. The fraction of sp³-hybridized carbons (Fsp3) is 0.200. The molecule has 5 N–H and O–H groups in total. The zero-order valence-electron chi connectivity index (χ0n) is 20.5. The summed E-state index contributed by atoms with van der Waals surface area (Å²) in [5.74, 6) is 0.318. The summed E-state index contributed by atoms with van der Waals surface area (Å²) in [5, 5.41) is 10.4. The van der Waals surface area contributed by atoms with Crippen molar-refractivity contribution in [2.75, 3.05) is 18.0 Å². The Bertz CT molecular complexity index is 1530. The highest BCUT2D eigenvalue weighted by Gasteiger charge is 2.25. The number of nitrogens with two attached hydrogens (primary N) is 1. The monoisotopic (exact) mass is 494 g/mol. The number of nitrogens with one attached hydrogen (secondary N) is 2. The Balaban J connectivity index is 0.000000195. The maximum Gasteiger partial charge on any atom is 0.337 e. The number of rotatable bonds is 5. The first-order valence-electron chi connectivity index (χ1n) is 12.5. The van der Waals surface area contributed by atoms with Crippen LogP contribution in [0, 0.1) is 5.92 Å². The van der Waals surface area contributed by atoms with Crippen LogP contribution in [-0.4, -0.2) is 40.0 Å². The number of benzene rings is 3. The van der Waals surface area contributed by atoms with Crippen molar-refractivity contribution in [2.24, 2.45) is 11.7 Å². The number of fused-ring (bicyclic) bond motifs is 2. The van der Waals surface area contributed by atoms with Gasteiger partial charge in [-0.3, -0.25) is 4.79 Å². The predicted octanol–water partition coefficient (Wildman–Crippen LogP) is 5.59. The second-order valence-electron chi connectivity index (χ2n) is 9.43. The molecule has 1 saturated heterocycles. The Morgan fingerprint density at radius 3 is 2.16 bits per heavy atom. The van der Waals surface area contributed by atoms with E-state index in [1.807, 2.05) is 42.5 Å². The minimum atomic E-state index is -0.896. The lowest BCUT2D eigenvalue weighted by atomic mass is 9.90. The van der Waals surface area contributed by atoms with Gasteiger partial charge < -0.3 is 25.7 Å². The van der Waals surface area contributed by atoms with Crippen LogP contribution in [-0.2, 0) is 6.42 Å². The summed E-state index contributed by atoms with van der Waals surface area (Å²) in [4.78, 5) is 31.2. The fourth-order valence-corrected chi connectivity index (χ4v) is 5.17. The van der Waals surface area contributed by atoms with E-state index in [0.29, 0.717) is 17.0 Å². The number of aromatic carboxylic acids is 1. The zero-order valence-corrected chi connectivity index (χ0v) is 20.5. The highest BCUT2D eigenvalue weighted by atomic mass is 16.4. The van der Waals surface area contributed by atoms with E-state index in [1.165, 1.54) is 11.8 Å². The van der Waals surface area contributed by atoms with E-state index in [4.69, 9.17) is 10.8 Å². The van der Waals surface area contributed by atoms with Crippen molar-refractivity contribution in [3.63, 3.8) is 0 Å². The first kappa shape index (κ1) is 24.2. The van der Waals surface area contributed by atoms with E-state index in [2.05, 4.69) is 45.2 Å². The molecule has 5 aromatic rings. The second kappa shape index (κ2) is 10.6. The van der Waals surface area contributed by atoms with E-state index in [9.17, 15) is 9.59 Å². The van der Waals surface area contributed by atoms with E-state index >= 15 is 0 Å². The summed E-state index contributed by atoms with van der Waals surface area (Å²) in [6, 6.07) is 25.9. The number of primary amides is 1. The van der Waals surface area contributed by atoms with E-state index in [0.717, 1.165) is 60.0 Å². The molecule has 6 rings (SSSR count). The molecular weight excluding hydrogens is 464 g/mol. The normalized spacial score (nSPS) is 13.9. The molecule has 7 heteroatoms. The summed E-state index contributed by atoms with van der Waals surface area (Å²) < 4.78 is 0. The smallest absolute Gasteiger partial charge is 0.337 e. The van der Waals surface area contributed by atoms with Crippen LogP contribution in [0.25, 0.3) is 21.8 Å². The van der Waals surface area contributed by atoms with Crippen LogP contribution >= 0.6 is 0 Å². The van der Waals surface area contributed by atoms with Gasteiger partial charge in [0.05, 0.1) is 11.1 Å². The summed E-state index contributed by atoms with van der Waals surface area (Å²) in [6.45, 7) is 1.90. The molecule has 1 aliphatic rings. The standard InChI is InChI=1S/C21H23N3O.C9H7NO2/c22-20(25)19-17-8-4-5-9-18(17)23-21(19)24-12-10-16(11-13-24)14-15-6-2-1-3-7-15;11-9(12)7-5-10-8-4-2-1-3-6(7)8/h1-9,16,23H,10-14H2,(H2,22,25);1-5,10H,(H,11,12). The van der Waals surface area contributed by atoms with Gasteiger partial charge in [0.15, 0.2) is 0 Å². The maximum absolute atomic E-state index is 12.0. The number of hydrogen-bond acceptors (Lipinski definition) is 3. The van der Waals surface area contributed by atoms with Crippen LogP contribution in [0.4, 0.5) is 5.82 Å². The lowest BCUT2D eigenvalue weighted by Gasteiger charge is -2.33. The number of anilines is 1. The number of para-hydroxylation sites is 2. The van der Waals surface area contributed by atoms with Gasteiger partial charge in [-0.15, -0.1) is 0 Å². The molecular formula is C30H30N4O3. The van der Waals surface area contributed by atoms with Crippen molar-refractivity contribution >= 4 is 39.5 Å². The number of carboxylic acids is 1. The van der Waals surface area contributed by atoms with Crippen LogP contribution < -0.4 is 10.6 Å². The summed E-state index contributed by atoms with van der Waals surface area (Å²) >= 11 is 0. The van der Waals surface area contributed by atoms with Gasteiger partial charge in [-0.25, -0.2) is 4.79 Å². The molecule has 1 fully saturated rings. The first-order valence-corrected chi connectivity index (χ1v) is 12.5. The van der Waals surface area contributed by atoms with Crippen molar-refractivity contribution < 1.29 is 14.7 Å². The fourth-order valence-electron chi connectivity index (χ4n) is 5.17. The highest BCUT2D eigenvalue weighted by Crippen LogP contribution is 2.32. The molecule has 0 radical (unpaired) electrons. The van der Waals surface area contributed by atoms with Gasteiger partial charge in [0, 0.05) is 41.1 Å². The molecule has 1 aliphatic heterocycles. The molecule has 37 heavy (non-hydrogen) atoms. The third-order valence-corrected chi connectivity index (χ3v) is 7.05. The molecule has 0 aliphatic carbocycles. The topological polar surface area (TPSA) is 115 Å². The second-order valence-corrected chi connectivity index (χ2v) is 9.43. The van der Waals surface area contributed by atoms with E-state index < -0.39 is 5.97 Å². The molecule has 0 unspecified atom stereocenters. The quantitative estimate of drug-likeness (QED) is 0.255. The number of amides is 1. The molecule has 0 saturated carbocycles. The zero-order chi connectivity index (χ0) is 25.8. The summed E-state index contributed by atoms with van der Waals surface area (Å²) in [5.41, 5.74) is 9.86. The average Bonchev–Trinajstić information content (AvgIpc) is 3.52. The Hall–Kier alpha value is -4.52. The number of carbonyl (C=O) groups excluding carboxylic acids is 1. The Morgan fingerprint density at radius 2 is 1.49 bits per heavy atom. The molecule has 0 spiro atoms. The Morgan fingerprint density at radius 1 is 0.865 bits per heavy atom. The van der Waals surface area contributed by atoms with Gasteiger partial charge in [0.1, 0.15) is 5.82 Å². The summed E-state index contributed by atoms with van der Waals surface area (Å²) in [7, 11) is 0. The Labute approximate surface area is 214 Å². The van der Waals surface area contributed by atoms with Gasteiger partial charge in [0.25, 0.3) is 5.91 Å². The molecule has 1 amide bonds. The number of nitrogens with zero attached hydrogens (tertiary/aromatic N) is 1. The summed E-state index contributed by atoms with van der Waals surface area (Å²) in [6.07, 6.45) is 4.89. The maximum atomic E-state index is 12.0. The third kappa shape index (κ3) is 5.21. The van der Waals surface area contributed by atoms with Crippen molar-refractivity contribution in [2.45, 2.75) is 19.3 Å². The van der Waals surface area contributed by atoms with Crippen molar-refractivity contribution in [3.8, 4) is 0 Å². The molecule has 2 aromatic heterocycles. The van der Waals surface area contributed by atoms with Crippen molar-refractivity contribution in [1.82, 2.24) is 9.97 Å². The lowest BCUT2D eigenvalue weighted by molar-refractivity contribution is 0.0698. The van der Waals surface area contributed by atoms with Crippen molar-refractivity contribution in [3.05, 3.63) is 102 Å². The Kier molecular flexibility index (Phi) is 6.94. The largest absolute Gasteiger partial charge is 0.478 e. The van der Waals surface area contributed by atoms with Crippen molar-refractivity contribution in [1.29, 1.82) is 0 Å². The van der Waals surface area contributed by atoms with Crippen LogP contribution in [0.5, 0.6) is 0 Å². The van der Waals surface area contributed by atoms with Crippen LogP contribution in [0.1, 0.15) is 39.1 Å². The molecule has 0 atom stereocenters. The minimum absolute atomic E-state index is 0.325. The molecule has 3 heterocycles. The van der Waals surface area contributed by atoms with E-state index in [1.54, 1.807) is 6.07 Å². The minimum Gasteiger partial charge on any atom is -0.478 e. The number of aromatic nitrogens is 2. The lowest BCUT2D eigenvalue weighted by Crippen LogP contribution is -2.35. The first-order chi connectivity index (χ1) is 18.0. The van der Waals surface area contributed by atoms with Crippen LogP contribution in [0.15, 0.2) is 85.1 Å². The molecule has 3 aromatic carbocycles. The molecule has 188 valence electrons. The highest BCUT2D eigenvalue weighted by molar-refractivity contribution is 6.11. The van der Waals surface area contributed by atoms with E-state index in [-0.39, 0.29) is 5.91 Å². The van der Waals surface area contributed by atoms with Gasteiger partial charge in [0.2, 0.25) is 0 Å². The average molecular weight is 495 g/mol. The number of hydrogen-bond donors (Lipinski definition) is 4. The predicted molar refractivity (Wildman–Crippen MR) is 147 cm³/mol. The van der Waals surface area contributed by atoms with Gasteiger partial charge in [-0.2, -0.15) is 0 Å². The van der Waals surface area contributed by atoms with Gasteiger partial charge >= 0.3 is 5.97 Å². The number of H-pyrrole nitrogens is 2. The van der Waals surface area contributed by atoms with Crippen LogP contribution in [0.3, 0.4) is 0 Å². The SMILES string of the molecule is NC(=O)c1c(N2CCC(Cc3ccccc3)CC2)[nH]c2ccccc12.O=C(O)c1c[nH]c2ccccc12.